The Hall–Kier alpha value is -1.11. The Labute approximate surface area is 80.5 Å². The van der Waals surface area contributed by atoms with E-state index in [0.717, 1.165) is 6.42 Å². The number of pyridine rings is 1. The Morgan fingerprint density at radius 2 is 2.31 bits per heavy atom. The van der Waals surface area contributed by atoms with Gasteiger partial charge in [-0.25, -0.2) is 0 Å². The van der Waals surface area contributed by atoms with E-state index >= 15 is 0 Å². The molecule has 0 fully saturated rings. The van der Waals surface area contributed by atoms with E-state index in [1.54, 1.807) is 0 Å². The minimum atomic E-state index is 1.09. The van der Waals surface area contributed by atoms with E-state index in [9.17, 15) is 0 Å². The summed E-state index contributed by atoms with van der Waals surface area (Å²) < 4.78 is 0. The van der Waals surface area contributed by atoms with Crippen LogP contribution in [0.3, 0.4) is 0 Å². The molecule has 0 unspecified atom stereocenters. The number of aryl methyl sites for hydroxylation is 1. The van der Waals surface area contributed by atoms with E-state index in [0.29, 0.717) is 0 Å². The summed E-state index contributed by atoms with van der Waals surface area (Å²) in [6.45, 7) is 5.96. The second-order valence-electron chi connectivity index (χ2n) is 3.24. The van der Waals surface area contributed by atoms with Gasteiger partial charge in [0.05, 0.1) is 0 Å². The molecule has 0 radical (unpaired) electrons. The molecule has 0 N–H and O–H groups in total. The molecule has 0 amide bonds. The largest absolute Gasteiger partial charge is 0.261 e. The van der Waals surface area contributed by atoms with Crippen molar-refractivity contribution in [2.75, 3.05) is 0 Å². The van der Waals surface area contributed by atoms with Crippen molar-refractivity contribution < 1.29 is 0 Å². The molecule has 13 heavy (non-hydrogen) atoms. The maximum Gasteiger partial charge on any atom is 0.0409 e. The SMILES string of the molecule is C=Cc1ccnc(CCCCC)c1. The molecule has 1 aromatic heterocycles. The Bertz CT molecular complexity index is 266. The van der Waals surface area contributed by atoms with E-state index in [4.69, 9.17) is 0 Å². The Balaban J connectivity index is 2.51. The third kappa shape index (κ3) is 3.41. The summed E-state index contributed by atoms with van der Waals surface area (Å²) in [5.41, 5.74) is 2.35. The summed E-state index contributed by atoms with van der Waals surface area (Å²) in [5.74, 6) is 0. The fourth-order valence-corrected chi connectivity index (χ4v) is 1.32. The molecule has 1 aromatic rings. The third-order valence-corrected chi connectivity index (χ3v) is 2.11. The Morgan fingerprint density at radius 3 is 3.00 bits per heavy atom. The van der Waals surface area contributed by atoms with Crippen molar-refractivity contribution >= 4 is 6.08 Å². The number of aromatic nitrogens is 1. The normalized spacial score (nSPS) is 9.92. The van der Waals surface area contributed by atoms with Crippen molar-refractivity contribution in [3.05, 3.63) is 36.2 Å². The average molecular weight is 175 g/mol. The van der Waals surface area contributed by atoms with Crippen LogP contribution in [-0.2, 0) is 6.42 Å². The maximum atomic E-state index is 4.31. The highest BCUT2D eigenvalue weighted by Gasteiger charge is 1.94. The maximum absolute atomic E-state index is 4.31. The van der Waals surface area contributed by atoms with E-state index in [2.05, 4.69) is 24.6 Å². The van der Waals surface area contributed by atoms with Crippen LogP contribution < -0.4 is 0 Å². The molecule has 1 heterocycles. The second kappa shape index (κ2) is 5.52. The lowest BCUT2D eigenvalue weighted by molar-refractivity contribution is 0.707. The van der Waals surface area contributed by atoms with Crippen molar-refractivity contribution in [3.63, 3.8) is 0 Å². The smallest absolute Gasteiger partial charge is 0.0409 e. The van der Waals surface area contributed by atoms with Crippen LogP contribution >= 0.6 is 0 Å². The van der Waals surface area contributed by atoms with Crippen LogP contribution in [0.1, 0.15) is 37.4 Å². The summed E-state index contributed by atoms with van der Waals surface area (Å²) in [6.07, 6.45) is 8.62. The molecule has 0 aromatic carbocycles. The molecule has 0 bridgehead atoms. The number of rotatable bonds is 5. The number of nitrogens with zero attached hydrogens (tertiary/aromatic N) is 1. The predicted molar refractivity (Wildman–Crippen MR) is 57.6 cm³/mol. The van der Waals surface area contributed by atoms with Crippen molar-refractivity contribution in [3.8, 4) is 0 Å². The van der Waals surface area contributed by atoms with Gasteiger partial charge in [-0.05, 0) is 30.5 Å². The Morgan fingerprint density at radius 1 is 1.46 bits per heavy atom. The van der Waals surface area contributed by atoms with Crippen LogP contribution in [0.5, 0.6) is 0 Å². The number of hydrogen-bond acceptors (Lipinski definition) is 1. The van der Waals surface area contributed by atoms with Gasteiger partial charge < -0.3 is 0 Å². The van der Waals surface area contributed by atoms with E-state index in [-0.39, 0.29) is 0 Å². The molecular formula is C12H17N. The molecule has 0 aliphatic heterocycles. The summed E-state index contributed by atoms with van der Waals surface area (Å²) in [5, 5.41) is 0. The quantitative estimate of drug-likeness (QED) is 0.624. The highest BCUT2D eigenvalue weighted by atomic mass is 14.7. The van der Waals surface area contributed by atoms with E-state index < -0.39 is 0 Å². The van der Waals surface area contributed by atoms with Gasteiger partial charge in [0.25, 0.3) is 0 Å². The molecule has 1 nitrogen and oxygen atoms in total. The van der Waals surface area contributed by atoms with Gasteiger partial charge in [-0.1, -0.05) is 32.4 Å². The zero-order valence-electron chi connectivity index (χ0n) is 8.29. The van der Waals surface area contributed by atoms with Gasteiger partial charge in [0.2, 0.25) is 0 Å². The zero-order chi connectivity index (χ0) is 9.52. The molecule has 0 atom stereocenters. The van der Waals surface area contributed by atoms with Gasteiger partial charge in [0, 0.05) is 11.9 Å². The third-order valence-electron chi connectivity index (χ3n) is 2.11. The summed E-state index contributed by atoms with van der Waals surface area (Å²) in [6, 6.07) is 4.10. The Kier molecular flexibility index (Phi) is 4.24. The summed E-state index contributed by atoms with van der Waals surface area (Å²) >= 11 is 0. The van der Waals surface area contributed by atoms with Crippen LogP contribution in [0.4, 0.5) is 0 Å². The van der Waals surface area contributed by atoms with Gasteiger partial charge in [-0.3, -0.25) is 4.98 Å². The molecule has 0 aliphatic carbocycles. The first-order valence-corrected chi connectivity index (χ1v) is 4.94. The van der Waals surface area contributed by atoms with Gasteiger partial charge in [0.1, 0.15) is 0 Å². The fraction of sp³-hybridized carbons (Fsp3) is 0.417. The molecule has 0 aliphatic rings. The van der Waals surface area contributed by atoms with E-state index in [1.165, 1.54) is 30.5 Å². The summed E-state index contributed by atoms with van der Waals surface area (Å²) in [7, 11) is 0. The van der Waals surface area contributed by atoms with Crippen molar-refractivity contribution in [2.24, 2.45) is 0 Å². The van der Waals surface area contributed by atoms with Crippen LogP contribution in [0.15, 0.2) is 24.9 Å². The van der Waals surface area contributed by atoms with Crippen LogP contribution in [0.2, 0.25) is 0 Å². The monoisotopic (exact) mass is 175 g/mol. The lowest BCUT2D eigenvalue weighted by atomic mass is 10.1. The predicted octanol–water partition coefficient (Wildman–Crippen LogP) is 3.46. The molecule has 1 heteroatoms. The minimum Gasteiger partial charge on any atom is -0.261 e. The molecule has 0 saturated heterocycles. The molecule has 70 valence electrons. The minimum absolute atomic E-state index is 1.09. The van der Waals surface area contributed by atoms with Gasteiger partial charge >= 0.3 is 0 Å². The molecule has 0 spiro atoms. The molecule has 0 saturated carbocycles. The fourth-order valence-electron chi connectivity index (χ4n) is 1.32. The van der Waals surface area contributed by atoms with E-state index in [1.807, 2.05) is 18.3 Å². The van der Waals surface area contributed by atoms with Crippen molar-refractivity contribution in [1.29, 1.82) is 0 Å². The highest BCUT2D eigenvalue weighted by Crippen LogP contribution is 2.07. The number of unbranched alkanes of at least 4 members (excludes halogenated alkanes) is 2. The highest BCUT2D eigenvalue weighted by molar-refractivity contribution is 5.46. The second-order valence-corrected chi connectivity index (χ2v) is 3.24. The lowest BCUT2D eigenvalue weighted by Crippen LogP contribution is -1.90. The molecular weight excluding hydrogens is 158 g/mol. The van der Waals surface area contributed by atoms with Crippen molar-refractivity contribution in [2.45, 2.75) is 32.6 Å². The lowest BCUT2D eigenvalue weighted by Gasteiger charge is -2.00. The first-order chi connectivity index (χ1) is 6.36. The van der Waals surface area contributed by atoms with Crippen LogP contribution in [-0.4, -0.2) is 4.98 Å². The topological polar surface area (TPSA) is 12.9 Å². The first-order valence-electron chi connectivity index (χ1n) is 4.94. The standard InChI is InChI=1S/C12H17N/c1-3-5-6-7-12-10-11(4-2)8-9-13-12/h4,8-10H,2-3,5-7H2,1H3. The number of hydrogen-bond donors (Lipinski definition) is 0. The van der Waals surface area contributed by atoms with Gasteiger partial charge in [-0.2, -0.15) is 0 Å². The van der Waals surface area contributed by atoms with Crippen LogP contribution in [0, 0.1) is 0 Å². The van der Waals surface area contributed by atoms with Gasteiger partial charge in [-0.15, -0.1) is 0 Å². The average Bonchev–Trinajstić information content (AvgIpc) is 2.19. The zero-order valence-corrected chi connectivity index (χ0v) is 8.29. The van der Waals surface area contributed by atoms with Crippen LogP contribution in [0.25, 0.3) is 6.08 Å². The molecule has 1 rings (SSSR count). The first kappa shape index (κ1) is 9.97. The van der Waals surface area contributed by atoms with Gasteiger partial charge in [0.15, 0.2) is 0 Å². The summed E-state index contributed by atoms with van der Waals surface area (Å²) in [4.78, 5) is 4.31. The van der Waals surface area contributed by atoms with Crippen molar-refractivity contribution in [1.82, 2.24) is 4.98 Å².